The summed E-state index contributed by atoms with van der Waals surface area (Å²) in [5.41, 5.74) is 0. The molecule has 0 aromatic rings. The molecule has 1 saturated carbocycles. The third kappa shape index (κ3) is 2.98. The molecule has 3 fully saturated rings. The Morgan fingerprint density at radius 1 is 1.11 bits per heavy atom. The maximum atomic E-state index is 5.80. The van der Waals surface area contributed by atoms with E-state index in [9.17, 15) is 0 Å². The first-order chi connectivity index (χ1) is 9.40. The lowest BCUT2D eigenvalue weighted by atomic mass is 9.84. The van der Waals surface area contributed by atoms with Crippen LogP contribution in [0.5, 0.6) is 0 Å². The summed E-state index contributed by atoms with van der Waals surface area (Å²) >= 11 is 0. The Kier molecular flexibility index (Phi) is 4.78. The van der Waals surface area contributed by atoms with Crippen LogP contribution in [-0.4, -0.2) is 49.3 Å². The Balaban J connectivity index is 1.64. The number of hydrogen-bond donors (Lipinski definition) is 1. The second-order valence-electron chi connectivity index (χ2n) is 6.63. The average molecular weight is 266 g/mol. The molecule has 0 bridgehead atoms. The molecule has 0 aromatic carbocycles. The lowest BCUT2D eigenvalue weighted by Crippen LogP contribution is -2.57. The molecule has 0 spiro atoms. The molecule has 4 unspecified atom stereocenters. The summed E-state index contributed by atoms with van der Waals surface area (Å²) in [5, 5.41) is 3.77. The van der Waals surface area contributed by atoms with E-state index in [1.165, 1.54) is 51.5 Å². The highest BCUT2D eigenvalue weighted by Gasteiger charge is 2.42. The summed E-state index contributed by atoms with van der Waals surface area (Å²) in [6, 6.07) is 2.16. The molecule has 2 aliphatic heterocycles. The number of nitrogens with one attached hydrogen (secondary N) is 1. The van der Waals surface area contributed by atoms with Crippen molar-refractivity contribution < 1.29 is 4.74 Å². The maximum absolute atomic E-state index is 5.80. The van der Waals surface area contributed by atoms with Gasteiger partial charge >= 0.3 is 0 Å². The Bertz CT molecular complexity index is 284. The van der Waals surface area contributed by atoms with E-state index < -0.39 is 0 Å². The Labute approximate surface area is 118 Å². The molecule has 3 heteroatoms. The first kappa shape index (κ1) is 13.8. The van der Waals surface area contributed by atoms with Gasteiger partial charge in [-0.2, -0.15) is 0 Å². The molecule has 0 radical (unpaired) electrons. The SMILES string of the molecule is CCCNC1CCOCC1N1CCC2CCCCC21. The van der Waals surface area contributed by atoms with Crippen LogP contribution in [-0.2, 0) is 4.74 Å². The quantitative estimate of drug-likeness (QED) is 0.845. The van der Waals surface area contributed by atoms with E-state index in [-0.39, 0.29) is 0 Å². The number of ether oxygens (including phenoxy) is 1. The van der Waals surface area contributed by atoms with Gasteiger partial charge in [0, 0.05) is 24.7 Å². The van der Waals surface area contributed by atoms with Crippen LogP contribution in [0.25, 0.3) is 0 Å². The van der Waals surface area contributed by atoms with Crippen molar-refractivity contribution >= 4 is 0 Å². The highest BCUT2D eigenvalue weighted by Crippen LogP contribution is 2.38. The summed E-state index contributed by atoms with van der Waals surface area (Å²) in [6.07, 6.45) is 9.67. The molecule has 2 heterocycles. The van der Waals surface area contributed by atoms with Crippen molar-refractivity contribution in [3.8, 4) is 0 Å². The molecule has 3 rings (SSSR count). The molecule has 2 saturated heterocycles. The van der Waals surface area contributed by atoms with Crippen molar-refractivity contribution in [3.63, 3.8) is 0 Å². The van der Waals surface area contributed by atoms with Crippen LogP contribution in [0.15, 0.2) is 0 Å². The number of fused-ring (bicyclic) bond motifs is 1. The summed E-state index contributed by atoms with van der Waals surface area (Å²) in [5.74, 6) is 0.988. The highest BCUT2D eigenvalue weighted by atomic mass is 16.5. The largest absolute Gasteiger partial charge is 0.380 e. The number of likely N-dealkylation sites (tertiary alicyclic amines) is 1. The predicted octanol–water partition coefficient (Wildman–Crippen LogP) is 2.41. The minimum Gasteiger partial charge on any atom is -0.380 e. The van der Waals surface area contributed by atoms with Gasteiger partial charge < -0.3 is 10.1 Å². The van der Waals surface area contributed by atoms with Gasteiger partial charge in [-0.3, -0.25) is 4.90 Å². The van der Waals surface area contributed by atoms with Crippen molar-refractivity contribution in [1.82, 2.24) is 10.2 Å². The first-order valence-corrected chi connectivity index (χ1v) is 8.47. The van der Waals surface area contributed by atoms with Crippen molar-refractivity contribution in [3.05, 3.63) is 0 Å². The third-order valence-electron chi connectivity index (χ3n) is 5.46. The number of hydrogen-bond acceptors (Lipinski definition) is 3. The minimum absolute atomic E-state index is 0.633. The van der Waals surface area contributed by atoms with Gasteiger partial charge in [-0.05, 0) is 51.1 Å². The molecule has 4 atom stereocenters. The van der Waals surface area contributed by atoms with E-state index >= 15 is 0 Å². The van der Waals surface area contributed by atoms with E-state index in [0.717, 1.165) is 31.7 Å². The molecule has 1 N–H and O–H groups in total. The van der Waals surface area contributed by atoms with Gasteiger partial charge in [0.1, 0.15) is 0 Å². The van der Waals surface area contributed by atoms with Gasteiger partial charge in [-0.15, -0.1) is 0 Å². The van der Waals surface area contributed by atoms with Crippen LogP contribution in [0.3, 0.4) is 0 Å². The molecular weight excluding hydrogens is 236 g/mol. The van der Waals surface area contributed by atoms with Gasteiger partial charge in [-0.1, -0.05) is 19.8 Å². The van der Waals surface area contributed by atoms with Gasteiger partial charge in [-0.25, -0.2) is 0 Å². The molecule has 110 valence electrons. The van der Waals surface area contributed by atoms with Crippen LogP contribution in [0.2, 0.25) is 0 Å². The van der Waals surface area contributed by atoms with Crippen molar-refractivity contribution in [2.24, 2.45) is 5.92 Å². The molecule has 0 amide bonds. The molecule has 19 heavy (non-hydrogen) atoms. The number of nitrogens with zero attached hydrogens (tertiary/aromatic N) is 1. The van der Waals surface area contributed by atoms with Crippen LogP contribution < -0.4 is 5.32 Å². The summed E-state index contributed by atoms with van der Waals surface area (Å²) in [7, 11) is 0. The smallest absolute Gasteiger partial charge is 0.0637 e. The third-order valence-corrected chi connectivity index (χ3v) is 5.46. The Hall–Kier alpha value is -0.120. The van der Waals surface area contributed by atoms with E-state index in [4.69, 9.17) is 4.74 Å². The second kappa shape index (κ2) is 6.55. The van der Waals surface area contributed by atoms with Gasteiger partial charge in [0.15, 0.2) is 0 Å². The van der Waals surface area contributed by atoms with Crippen LogP contribution in [0.4, 0.5) is 0 Å². The van der Waals surface area contributed by atoms with Crippen LogP contribution in [0.1, 0.15) is 51.9 Å². The van der Waals surface area contributed by atoms with Crippen molar-refractivity contribution in [1.29, 1.82) is 0 Å². The average Bonchev–Trinajstić information content (AvgIpc) is 2.89. The summed E-state index contributed by atoms with van der Waals surface area (Å²) in [4.78, 5) is 2.82. The van der Waals surface area contributed by atoms with Crippen molar-refractivity contribution in [2.75, 3.05) is 26.3 Å². The standard InChI is InChI=1S/C16H30N2O/c1-2-9-17-14-8-11-19-12-16(14)18-10-7-13-5-3-4-6-15(13)18/h13-17H,2-12H2,1H3. The molecule has 3 nitrogen and oxygen atoms in total. The zero-order chi connectivity index (χ0) is 13.1. The van der Waals surface area contributed by atoms with E-state index in [1.807, 2.05) is 0 Å². The summed E-state index contributed by atoms with van der Waals surface area (Å²) < 4.78 is 5.80. The topological polar surface area (TPSA) is 24.5 Å². The van der Waals surface area contributed by atoms with E-state index in [1.54, 1.807) is 0 Å². The zero-order valence-electron chi connectivity index (χ0n) is 12.4. The van der Waals surface area contributed by atoms with Gasteiger partial charge in [0.2, 0.25) is 0 Å². The Morgan fingerprint density at radius 3 is 2.89 bits per heavy atom. The highest BCUT2D eigenvalue weighted by molar-refractivity contribution is 4.97. The lowest BCUT2D eigenvalue weighted by molar-refractivity contribution is -0.0152. The molecule has 0 aromatic heterocycles. The van der Waals surface area contributed by atoms with Crippen LogP contribution >= 0.6 is 0 Å². The Morgan fingerprint density at radius 2 is 2.00 bits per heavy atom. The fraction of sp³-hybridized carbons (Fsp3) is 1.00. The van der Waals surface area contributed by atoms with E-state index in [2.05, 4.69) is 17.1 Å². The molecule has 1 aliphatic carbocycles. The zero-order valence-corrected chi connectivity index (χ0v) is 12.4. The van der Waals surface area contributed by atoms with Crippen LogP contribution in [0, 0.1) is 5.92 Å². The molecule has 3 aliphatic rings. The lowest BCUT2D eigenvalue weighted by Gasteiger charge is -2.43. The fourth-order valence-corrected chi connectivity index (χ4v) is 4.47. The van der Waals surface area contributed by atoms with Gasteiger partial charge in [0.05, 0.1) is 6.61 Å². The maximum Gasteiger partial charge on any atom is 0.0637 e. The normalized spacial score (nSPS) is 40.3. The first-order valence-electron chi connectivity index (χ1n) is 8.47. The predicted molar refractivity (Wildman–Crippen MR) is 78.4 cm³/mol. The monoisotopic (exact) mass is 266 g/mol. The molecular formula is C16H30N2O. The second-order valence-corrected chi connectivity index (χ2v) is 6.63. The number of rotatable bonds is 4. The minimum atomic E-state index is 0.633. The fourth-order valence-electron chi connectivity index (χ4n) is 4.47. The summed E-state index contributed by atoms with van der Waals surface area (Å²) in [6.45, 7) is 6.62. The van der Waals surface area contributed by atoms with E-state index in [0.29, 0.717) is 12.1 Å². The van der Waals surface area contributed by atoms with Gasteiger partial charge in [0.25, 0.3) is 0 Å². The van der Waals surface area contributed by atoms with Crippen molar-refractivity contribution in [2.45, 2.75) is 70.0 Å².